The van der Waals surface area contributed by atoms with E-state index in [2.05, 4.69) is 5.32 Å². The van der Waals surface area contributed by atoms with Crippen LogP contribution in [-0.2, 0) is 11.2 Å². The molecular formula is C23H22N2O4. The maximum absolute atomic E-state index is 12.7. The van der Waals surface area contributed by atoms with Gasteiger partial charge in [-0.2, -0.15) is 0 Å². The van der Waals surface area contributed by atoms with E-state index >= 15 is 0 Å². The van der Waals surface area contributed by atoms with E-state index in [0.29, 0.717) is 23.2 Å². The molecule has 3 aromatic carbocycles. The van der Waals surface area contributed by atoms with Crippen molar-refractivity contribution in [2.75, 3.05) is 5.73 Å². The maximum Gasteiger partial charge on any atom is 0.326 e. The Morgan fingerprint density at radius 2 is 1.66 bits per heavy atom. The fourth-order valence-corrected chi connectivity index (χ4v) is 3.04. The quantitative estimate of drug-likeness (QED) is 0.462. The number of carboxylic acid groups (broad SMARTS) is 1. The molecule has 0 heterocycles. The number of carbonyl (C=O) groups excluding carboxylic acids is 1. The van der Waals surface area contributed by atoms with Gasteiger partial charge in [-0.1, -0.05) is 42.5 Å². The Balaban J connectivity index is 1.75. The fourth-order valence-electron chi connectivity index (χ4n) is 3.04. The number of amides is 1. The normalized spacial score (nSPS) is 11.6. The summed E-state index contributed by atoms with van der Waals surface area (Å²) >= 11 is 0. The third-order valence-electron chi connectivity index (χ3n) is 4.66. The monoisotopic (exact) mass is 390 g/mol. The van der Waals surface area contributed by atoms with Crippen molar-refractivity contribution in [3.05, 3.63) is 83.9 Å². The summed E-state index contributed by atoms with van der Waals surface area (Å²) in [5.74, 6) is -1.43. The molecule has 0 radical (unpaired) electrons. The number of nitrogens with two attached hydrogens (primary N) is 1. The highest BCUT2D eigenvalue weighted by Gasteiger charge is 2.21. The summed E-state index contributed by atoms with van der Waals surface area (Å²) in [7, 11) is 0. The molecule has 0 aromatic heterocycles. The molecule has 6 heteroatoms. The number of rotatable bonds is 7. The van der Waals surface area contributed by atoms with Gasteiger partial charge in [-0.25, -0.2) is 4.79 Å². The van der Waals surface area contributed by atoms with Gasteiger partial charge in [-0.3, -0.25) is 4.79 Å². The fraction of sp³-hybridized carbons (Fsp3) is 0.130. The first kappa shape index (κ1) is 19.9. The molecule has 3 aromatic rings. The van der Waals surface area contributed by atoms with Gasteiger partial charge in [0.1, 0.15) is 11.8 Å². The number of nitrogen functional groups attached to an aromatic ring is 1. The van der Waals surface area contributed by atoms with Gasteiger partial charge in [0.2, 0.25) is 0 Å². The molecule has 0 spiro atoms. The summed E-state index contributed by atoms with van der Waals surface area (Å²) in [4.78, 5) is 24.3. The molecule has 0 bridgehead atoms. The summed E-state index contributed by atoms with van der Waals surface area (Å²) in [6.07, 6.45) is 0.823. The second-order valence-corrected chi connectivity index (χ2v) is 6.74. The number of phenols is 1. The highest BCUT2D eigenvalue weighted by molar-refractivity contribution is 5.98. The molecule has 5 N–H and O–H groups in total. The van der Waals surface area contributed by atoms with E-state index < -0.39 is 17.9 Å². The summed E-state index contributed by atoms with van der Waals surface area (Å²) in [6, 6.07) is 19.8. The molecule has 148 valence electrons. The Kier molecular flexibility index (Phi) is 6.14. The molecule has 1 amide bonds. The van der Waals surface area contributed by atoms with Crippen LogP contribution in [0, 0.1) is 0 Å². The smallest absolute Gasteiger partial charge is 0.326 e. The van der Waals surface area contributed by atoms with E-state index in [4.69, 9.17) is 5.73 Å². The summed E-state index contributed by atoms with van der Waals surface area (Å²) in [6.45, 7) is 0. The highest BCUT2D eigenvalue weighted by Crippen LogP contribution is 2.28. The van der Waals surface area contributed by atoms with Crippen LogP contribution >= 0.6 is 0 Å². The zero-order valence-corrected chi connectivity index (χ0v) is 15.7. The van der Waals surface area contributed by atoms with Crippen LogP contribution in [-0.4, -0.2) is 28.1 Å². The minimum atomic E-state index is -1.08. The number of carboxylic acids is 1. The SMILES string of the molecule is Nc1ccc(C(=O)N[C@@H](CCc2ccccc2)C(=O)O)cc1-c1ccc(O)cc1. The van der Waals surface area contributed by atoms with Crippen molar-refractivity contribution >= 4 is 17.6 Å². The third-order valence-corrected chi connectivity index (χ3v) is 4.66. The molecule has 0 fully saturated rings. The van der Waals surface area contributed by atoms with E-state index in [1.165, 1.54) is 12.1 Å². The van der Waals surface area contributed by atoms with Crippen molar-refractivity contribution < 1.29 is 19.8 Å². The van der Waals surface area contributed by atoms with Crippen molar-refractivity contribution in [3.63, 3.8) is 0 Å². The summed E-state index contributed by atoms with van der Waals surface area (Å²) < 4.78 is 0. The average molecular weight is 390 g/mol. The third kappa shape index (κ3) is 5.13. The first-order valence-corrected chi connectivity index (χ1v) is 9.20. The van der Waals surface area contributed by atoms with Crippen molar-refractivity contribution in [2.24, 2.45) is 0 Å². The topological polar surface area (TPSA) is 113 Å². The first-order valence-electron chi connectivity index (χ1n) is 9.20. The number of aliphatic carboxylic acids is 1. The Hall–Kier alpha value is -3.80. The number of anilines is 1. The lowest BCUT2D eigenvalue weighted by Gasteiger charge is -2.15. The number of benzene rings is 3. The van der Waals surface area contributed by atoms with Crippen molar-refractivity contribution in [1.82, 2.24) is 5.32 Å². The van der Waals surface area contributed by atoms with Gasteiger partial charge < -0.3 is 21.3 Å². The standard InChI is InChI=1S/C23H22N2O4/c24-20-12-9-17(14-19(20)16-7-10-18(26)11-8-16)22(27)25-21(23(28)29)13-6-15-4-2-1-3-5-15/h1-5,7-12,14,21,26H,6,13,24H2,(H,25,27)(H,28,29)/t21-/m0/s1. The number of aromatic hydroxyl groups is 1. The predicted molar refractivity (Wildman–Crippen MR) is 112 cm³/mol. The predicted octanol–water partition coefficient (Wildman–Crippen LogP) is 3.46. The number of phenolic OH excluding ortho intramolecular Hbond substituents is 1. The Morgan fingerprint density at radius 1 is 0.966 bits per heavy atom. The molecule has 0 aliphatic heterocycles. The molecule has 0 unspecified atom stereocenters. The Morgan fingerprint density at radius 3 is 2.31 bits per heavy atom. The maximum atomic E-state index is 12.7. The van der Waals surface area contributed by atoms with Gasteiger partial charge in [0.05, 0.1) is 0 Å². The molecule has 6 nitrogen and oxygen atoms in total. The van der Waals surface area contributed by atoms with Crippen LogP contribution in [0.3, 0.4) is 0 Å². The van der Waals surface area contributed by atoms with Crippen LogP contribution in [0.15, 0.2) is 72.8 Å². The zero-order valence-electron chi connectivity index (χ0n) is 15.7. The van der Waals surface area contributed by atoms with Crippen LogP contribution < -0.4 is 11.1 Å². The zero-order chi connectivity index (χ0) is 20.8. The molecule has 3 rings (SSSR count). The lowest BCUT2D eigenvalue weighted by molar-refractivity contribution is -0.139. The van der Waals surface area contributed by atoms with Crippen molar-refractivity contribution in [3.8, 4) is 16.9 Å². The van der Waals surface area contributed by atoms with Gasteiger partial charge >= 0.3 is 5.97 Å². The van der Waals surface area contributed by atoms with E-state index in [-0.39, 0.29) is 12.2 Å². The second kappa shape index (κ2) is 8.93. The average Bonchev–Trinajstić information content (AvgIpc) is 2.72. The minimum Gasteiger partial charge on any atom is -0.508 e. The van der Waals surface area contributed by atoms with Crippen LogP contribution in [0.4, 0.5) is 5.69 Å². The number of hydrogen-bond acceptors (Lipinski definition) is 4. The molecule has 29 heavy (non-hydrogen) atoms. The Bertz CT molecular complexity index is 1000. The molecular weight excluding hydrogens is 368 g/mol. The summed E-state index contributed by atoms with van der Waals surface area (Å²) in [5, 5.41) is 21.5. The molecule has 1 atom stereocenters. The largest absolute Gasteiger partial charge is 0.508 e. The highest BCUT2D eigenvalue weighted by atomic mass is 16.4. The van der Waals surface area contributed by atoms with Gasteiger partial charge in [0.25, 0.3) is 5.91 Å². The van der Waals surface area contributed by atoms with Gasteiger partial charge in [0, 0.05) is 16.8 Å². The molecule has 0 aliphatic carbocycles. The molecule has 0 aliphatic rings. The van der Waals surface area contributed by atoms with E-state index in [0.717, 1.165) is 11.1 Å². The van der Waals surface area contributed by atoms with Crippen LogP contribution in [0.5, 0.6) is 5.75 Å². The Labute approximate surface area is 168 Å². The number of hydrogen-bond donors (Lipinski definition) is 4. The van der Waals surface area contributed by atoms with Crippen LogP contribution in [0.1, 0.15) is 22.3 Å². The van der Waals surface area contributed by atoms with E-state index in [1.807, 2.05) is 30.3 Å². The second-order valence-electron chi connectivity index (χ2n) is 6.74. The number of carbonyl (C=O) groups is 2. The van der Waals surface area contributed by atoms with Gasteiger partial charge in [0.15, 0.2) is 0 Å². The molecule has 0 saturated carbocycles. The van der Waals surface area contributed by atoms with Gasteiger partial charge in [-0.15, -0.1) is 0 Å². The van der Waals surface area contributed by atoms with E-state index in [1.54, 1.807) is 30.3 Å². The van der Waals surface area contributed by atoms with Crippen molar-refractivity contribution in [1.29, 1.82) is 0 Å². The first-order chi connectivity index (χ1) is 13.9. The van der Waals surface area contributed by atoms with Crippen molar-refractivity contribution in [2.45, 2.75) is 18.9 Å². The van der Waals surface area contributed by atoms with Crippen LogP contribution in [0.25, 0.3) is 11.1 Å². The van der Waals surface area contributed by atoms with Crippen LogP contribution in [0.2, 0.25) is 0 Å². The lowest BCUT2D eigenvalue weighted by Crippen LogP contribution is -2.41. The minimum absolute atomic E-state index is 0.129. The van der Waals surface area contributed by atoms with Gasteiger partial charge in [-0.05, 0) is 54.3 Å². The molecule has 0 saturated heterocycles. The number of aryl methyl sites for hydroxylation is 1. The summed E-state index contributed by atoms with van der Waals surface area (Å²) in [5.41, 5.74) is 9.21. The lowest BCUT2D eigenvalue weighted by atomic mass is 10.00. The number of nitrogens with one attached hydrogen (secondary N) is 1. The van der Waals surface area contributed by atoms with E-state index in [9.17, 15) is 19.8 Å².